The second-order valence-corrected chi connectivity index (χ2v) is 5.04. The minimum Gasteiger partial charge on any atom is -0.394 e. The summed E-state index contributed by atoms with van der Waals surface area (Å²) in [5.74, 6) is 0. The molecule has 1 aromatic rings. The fraction of sp³-hybridized carbons (Fsp3) is 0.538. The van der Waals surface area contributed by atoms with E-state index < -0.39 is 5.54 Å². The first-order valence-electron chi connectivity index (χ1n) is 5.80. The van der Waals surface area contributed by atoms with E-state index >= 15 is 0 Å². The van der Waals surface area contributed by atoms with Crippen LogP contribution >= 0.6 is 0 Å². The molecule has 3 heteroatoms. The van der Waals surface area contributed by atoms with Gasteiger partial charge in [-0.15, -0.1) is 0 Å². The van der Waals surface area contributed by atoms with Gasteiger partial charge < -0.3 is 10.8 Å². The van der Waals surface area contributed by atoms with Gasteiger partial charge in [0.05, 0.1) is 6.61 Å². The maximum absolute atomic E-state index is 9.17. The van der Waals surface area contributed by atoms with E-state index in [1.807, 2.05) is 6.92 Å². The molecule has 0 fully saturated rings. The van der Waals surface area contributed by atoms with Gasteiger partial charge in [-0.05, 0) is 24.5 Å². The predicted molar refractivity (Wildman–Crippen MR) is 65.1 cm³/mol. The number of fused-ring (bicyclic) bond motifs is 1. The Morgan fingerprint density at radius 1 is 1.38 bits per heavy atom. The smallest absolute Gasteiger partial charge is 0.0621 e. The summed E-state index contributed by atoms with van der Waals surface area (Å²) in [5, 5.41) is 9.17. The minimum atomic E-state index is -0.494. The highest BCUT2D eigenvalue weighted by Crippen LogP contribution is 2.19. The standard InChI is InChI=1S/C13H20N2O/c1-13(14,10-16)9-15-7-6-11-4-2-3-5-12(11)8-15/h2-5,16H,6-10,14H2,1H3. The van der Waals surface area contributed by atoms with E-state index in [1.165, 1.54) is 11.1 Å². The topological polar surface area (TPSA) is 49.5 Å². The fourth-order valence-electron chi connectivity index (χ4n) is 2.25. The van der Waals surface area contributed by atoms with Gasteiger partial charge in [0, 0.05) is 25.2 Å². The van der Waals surface area contributed by atoms with Crippen LogP contribution in [0, 0.1) is 0 Å². The summed E-state index contributed by atoms with van der Waals surface area (Å²) in [5.41, 5.74) is 8.32. The van der Waals surface area contributed by atoms with Gasteiger partial charge >= 0.3 is 0 Å². The second-order valence-electron chi connectivity index (χ2n) is 5.04. The van der Waals surface area contributed by atoms with Crippen LogP contribution in [0.5, 0.6) is 0 Å². The first kappa shape index (κ1) is 11.6. The van der Waals surface area contributed by atoms with Crippen molar-refractivity contribution in [2.24, 2.45) is 5.73 Å². The monoisotopic (exact) mass is 220 g/mol. The first-order chi connectivity index (χ1) is 7.61. The quantitative estimate of drug-likeness (QED) is 0.790. The van der Waals surface area contributed by atoms with Crippen molar-refractivity contribution in [3.8, 4) is 0 Å². The molecule has 0 spiro atoms. The largest absolute Gasteiger partial charge is 0.394 e. The predicted octanol–water partition coefficient (Wildman–Crippen LogP) is 0.754. The molecule has 0 aromatic heterocycles. The Morgan fingerprint density at radius 2 is 2.06 bits per heavy atom. The van der Waals surface area contributed by atoms with Crippen LogP contribution in [-0.2, 0) is 13.0 Å². The highest BCUT2D eigenvalue weighted by atomic mass is 16.3. The van der Waals surface area contributed by atoms with E-state index in [0.29, 0.717) is 0 Å². The highest BCUT2D eigenvalue weighted by Gasteiger charge is 2.24. The zero-order chi connectivity index (χ0) is 11.6. The lowest BCUT2D eigenvalue weighted by molar-refractivity contribution is 0.140. The fourth-order valence-corrected chi connectivity index (χ4v) is 2.25. The van der Waals surface area contributed by atoms with Crippen molar-refractivity contribution in [1.29, 1.82) is 0 Å². The number of nitrogens with two attached hydrogens (primary N) is 1. The molecule has 0 aliphatic carbocycles. The SMILES string of the molecule is CC(N)(CO)CN1CCc2ccccc2C1. The third-order valence-corrected chi connectivity index (χ3v) is 3.16. The van der Waals surface area contributed by atoms with Crippen molar-refractivity contribution in [2.45, 2.75) is 25.4 Å². The van der Waals surface area contributed by atoms with Crippen molar-refractivity contribution in [3.63, 3.8) is 0 Å². The van der Waals surface area contributed by atoms with Gasteiger partial charge in [0.15, 0.2) is 0 Å². The van der Waals surface area contributed by atoms with Crippen molar-refractivity contribution in [3.05, 3.63) is 35.4 Å². The summed E-state index contributed by atoms with van der Waals surface area (Å²) in [6, 6.07) is 8.54. The van der Waals surface area contributed by atoms with E-state index in [2.05, 4.69) is 29.2 Å². The van der Waals surface area contributed by atoms with Gasteiger partial charge in [-0.25, -0.2) is 0 Å². The number of benzene rings is 1. The molecule has 0 saturated heterocycles. The van der Waals surface area contributed by atoms with Crippen LogP contribution in [0.4, 0.5) is 0 Å². The van der Waals surface area contributed by atoms with Gasteiger partial charge in [-0.3, -0.25) is 4.90 Å². The van der Waals surface area contributed by atoms with Crippen LogP contribution in [0.1, 0.15) is 18.1 Å². The van der Waals surface area contributed by atoms with Crippen LogP contribution < -0.4 is 5.73 Å². The van der Waals surface area contributed by atoms with E-state index in [0.717, 1.165) is 26.1 Å². The molecular weight excluding hydrogens is 200 g/mol. The number of rotatable bonds is 3. The van der Waals surface area contributed by atoms with Gasteiger partial charge in [0.1, 0.15) is 0 Å². The lowest BCUT2D eigenvalue weighted by atomic mass is 9.97. The molecule has 88 valence electrons. The Hall–Kier alpha value is -0.900. The number of hydrogen-bond acceptors (Lipinski definition) is 3. The summed E-state index contributed by atoms with van der Waals surface area (Å²) in [4.78, 5) is 2.32. The molecule has 0 bridgehead atoms. The summed E-state index contributed by atoms with van der Waals surface area (Å²) >= 11 is 0. The summed E-state index contributed by atoms with van der Waals surface area (Å²) in [6.07, 6.45) is 1.08. The normalized spacial score (nSPS) is 20.2. The Bertz CT molecular complexity index is 363. The minimum absolute atomic E-state index is 0.0329. The van der Waals surface area contributed by atoms with E-state index in [4.69, 9.17) is 10.8 Å². The first-order valence-corrected chi connectivity index (χ1v) is 5.80. The molecule has 2 rings (SSSR count). The van der Waals surface area contributed by atoms with Gasteiger partial charge in [-0.2, -0.15) is 0 Å². The average Bonchev–Trinajstić information content (AvgIpc) is 2.28. The van der Waals surface area contributed by atoms with Crippen LogP contribution in [-0.4, -0.2) is 35.2 Å². The molecule has 0 saturated carbocycles. The number of aliphatic hydroxyl groups is 1. The zero-order valence-electron chi connectivity index (χ0n) is 9.82. The number of aliphatic hydroxyl groups excluding tert-OH is 1. The van der Waals surface area contributed by atoms with Crippen molar-refractivity contribution >= 4 is 0 Å². The third kappa shape index (κ3) is 2.61. The van der Waals surface area contributed by atoms with Crippen LogP contribution in [0.2, 0.25) is 0 Å². The van der Waals surface area contributed by atoms with Crippen molar-refractivity contribution in [2.75, 3.05) is 19.7 Å². The molecule has 1 atom stereocenters. The van der Waals surface area contributed by atoms with E-state index in [1.54, 1.807) is 0 Å². The van der Waals surface area contributed by atoms with E-state index in [9.17, 15) is 0 Å². The Morgan fingerprint density at radius 3 is 2.75 bits per heavy atom. The molecule has 1 aliphatic heterocycles. The maximum atomic E-state index is 9.17. The van der Waals surface area contributed by atoms with E-state index in [-0.39, 0.29) is 6.61 Å². The molecule has 0 amide bonds. The Labute approximate surface area is 96.9 Å². The molecule has 3 N–H and O–H groups in total. The van der Waals surface area contributed by atoms with Crippen molar-refractivity contribution in [1.82, 2.24) is 4.90 Å². The lowest BCUT2D eigenvalue weighted by Crippen LogP contribution is -2.51. The van der Waals surface area contributed by atoms with Gasteiger partial charge in [0.2, 0.25) is 0 Å². The molecule has 16 heavy (non-hydrogen) atoms. The van der Waals surface area contributed by atoms with Gasteiger partial charge in [-0.1, -0.05) is 24.3 Å². The molecule has 3 nitrogen and oxygen atoms in total. The summed E-state index contributed by atoms with van der Waals surface area (Å²) < 4.78 is 0. The molecule has 1 heterocycles. The van der Waals surface area contributed by atoms with Crippen LogP contribution in [0.15, 0.2) is 24.3 Å². The summed E-state index contributed by atoms with van der Waals surface area (Å²) in [6.45, 7) is 4.66. The third-order valence-electron chi connectivity index (χ3n) is 3.16. The number of nitrogens with zero attached hydrogens (tertiary/aromatic N) is 1. The second kappa shape index (κ2) is 4.53. The molecule has 1 aromatic carbocycles. The molecule has 1 unspecified atom stereocenters. The average molecular weight is 220 g/mol. The number of hydrogen-bond donors (Lipinski definition) is 2. The molecule has 1 aliphatic rings. The molecular formula is C13H20N2O. The van der Waals surface area contributed by atoms with Gasteiger partial charge in [0.25, 0.3) is 0 Å². The van der Waals surface area contributed by atoms with Crippen molar-refractivity contribution < 1.29 is 5.11 Å². The summed E-state index contributed by atoms with van der Waals surface area (Å²) in [7, 11) is 0. The molecule has 0 radical (unpaired) electrons. The lowest BCUT2D eigenvalue weighted by Gasteiger charge is -2.34. The zero-order valence-corrected chi connectivity index (χ0v) is 9.82. The van der Waals surface area contributed by atoms with Crippen LogP contribution in [0.25, 0.3) is 0 Å². The van der Waals surface area contributed by atoms with Crippen LogP contribution in [0.3, 0.4) is 0 Å². The Balaban J connectivity index is 2.03. The Kier molecular flexibility index (Phi) is 3.28. The highest BCUT2D eigenvalue weighted by molar-refractivity contribution is 5.29. The maximum Gasteiger partial charge on any atom is 0.0621 e.